The molecular formula is C29H40N4O3. The van der Waals surface area contributed by atoms with Crippen LogP contribution in [-0.4, -0.2) is 86.0 Å². The highest BCUT2D eigenvalue weighted by molar-refractivity contribution is 5.79. The molecule has 0 radical (unpaired) electrons. The molecule has 7 heteroatoms. The zero-order valence-electron chi connectivity index (χ0n) is 21.9. The Labute approximate surface area is 215 Å². The fourth-order valence-electron chi connectivity index (χ4n) is 5.47. The highest BCUT2D eigenvalue weighted by Gasteiger charge is 2.28. The van der Waals surface area contributed by atoms with Crippen LogP contribution in [0.3, 0.4) is 0 Å². The molecule has 4 rings (SSSR count). The number of nitrogens with zero attached hydrogens (tertiary/aromatic N) is 3. The Bertz CT molecular complexity index is 979. The molecule has 2 aromatic carbocycles. The Hall–Kier alpha value is -2.90. The van der Waals surface area contributed by atoms with Crippen molar-refractivity contribution in [1.29, 1.82) is 0 Å². The summed E-state index contributed by atoms with van der Waals surface area (Å²) in [6, 6.07) is 17.6. The van der Waals surface area contributed by atoms with Crippen LogP contribution in [0.15, 0.2) is 54.6 Å². The molecule has 2 saturated heterocycles. The van der Waals surface area contributed by atoms with Gasteiger partial charge in [0.15, 0.2) is 0 Å². The molecule has 0 aliphatic carbocycles. The smallest absolute Gasteiger partial charge is 0.236 e. The second-order valence-corrected chi connectivity index (χ2v) is 10.5. The summed E-state index contributed by atoms with van der Waals surface area (Å²) >= 11 is 0. The molecule has 36 heavy (non-hydrogen) atoms. The third-order valence-electron chi connectivity index (χ3n) is 7.30. The molecule has 3 atom stereocenters. The number of carbonyl (C=O) groups is 2. The van der Waals surface area contributed by atoms with Crippen molar-refractivity contribution in [3.05, 3.63) is 65.7 Å². The predicted molar refractivity (Wildman–Crippen MR) is 142 cm³/mol. The molecule has 1 N–H and O–H groups in total. The second-order valence-electron chi connectivity index (χ2n) is 10.5. The van der Waals surface area contributed by atoms with Crippen LogP contribution in [0.2, 0.25) is 0 Å². The lowest BCUT2D eigenvalue weighted by Crippen LogP contribution is -2.53. The number of piperidine rings is 1. The van der Waals surface area contributed by atoms with E-state index in [1.165, 1.54) is 6.42 Å². The van der Waals surface area contributed by atoms with Crippen molar-refractivity contribution >= 4 is 11.8 Å². The van der Waals surface area contributed by atoms with Crippen molar-refractivity contribution < 1.29 is 14.3 Å². The van der Waals surface area contributed by atoms with Gasteiger partial charge in [0, 0.05) is 39.3 Å². The van der Waals surface area contributed by atoms with Gasteiger partial charge >= 0.3 is 0 Å². The molecule has 3 unspecified atom stereocenters. The van der Waals surface area contributed by atoms with Crippen molar-refractivity contribution in [2.24, 2.45) is 11.8 Å². The quantitative estimate of drug-likeness (QED) is 0.614. The average molecular weight is 493 g/mol. The van der Waals surface area contributed by atoms with Crippen LogP contribution in [0.4, 0.5) is 0 Å². The molecular weight excluding hydrogens is 452 g/mol. The van der Waals surface area contributed by atoms with Gasteiger partial charge in [-0.2, -0.15) is 0 Å². The normalized spacial score (nSPS) is 22.1. The zero-order chi connectivity index (χ0) is 25.5. The summed E-state index contributed by atoms with van der Waals surface area (Å²) in [5, 5.41) is 3.23. The van der Waals surface area contributed by atoms with Gasteiger partial charge in [0.1, 0.15) is 5.75 Å². The third kappa shape index (κ3) is 7.08. The molecule has 194 valence electrons. The highest BCUT2D eigenvalue weighted by Crippen LogP contribution is 2.24. The highest BCUT2D eigenvalue weighted by atomic mass is 16.5. The summed E-state index contributed by atoms with van der Waals surface area (Å²) in [7, 11) is 1.65. The standard InChI is InChI=1S/C29H40N4O3/c1-22-17-23(2)19-33(18-22)28(35)21-32-15-13-31(14-16-32)20-27(34)30-29(24-7-5-4-6-8-24)25-9-11-26(36-3)12-10-25/h4-12,22-23,29H,13-21H2,1-3H3,(H,30,34). The summed E-state index contributed by atoms with van der Waals surface area (Å²) in [5.41, 5.74) is 2.06. The molecule has 2 amide bonds. The first-order valence-corrected chi connectivity index (χ1v) is 13.1. The zero-order valence-corrected chi connectivity index (χ0v) is 21.9. The number of hydrogen-bond acceptors (Lipinski definition) is 5. The Morgan fingerprint density at radius 1 is 0.861 bits per heavy atom. The van der Waals surface area contributed by atoms with Crippen molar-refractivity contribution in [2.75, 3.05) is 59.5 Å². The van der Waals surface area contributed by atoms with E-state index in [-0.39, 0.29) is 17.9 Å². The molecule has 2 aromatic rings. The van der Waals surface area contributed by atoms with E-state index in [2.05, 4.69) is 29.0 Å². The predicted octanol–water partition coefficient (Wildman–Crippen LogP) is 3.02. The number of benzene rings is 2. The lowest BCUT2D eigenvalue weighted by molar-refractivity contribution is -0.135. The van der Waals surface area contributed by atoms with Crippen molar-refractivity contribution in [3.8, 4) is 5.75 Å². The number of hydrogen-bond donors (Lipinski definition) is 1. The molecule has 7 nitrogen and oxygen atoms in total. The largest absolute Gasteiger partial charge is 0.497 e. The van der Waals surface area contributed by atoms with Gasteiger partial charge in [0.05, 0.1) is 26.2 Å². The molecule has 0 saturated carbocycles. The van der Waals surface area contributed by atoms with Crippen LogP contribution in [0.1, 0.15) is 37.4 Å². The number of amides is 2. The maximum atomic E-state index is 13.1. The molecule has 2 aliphatic heterocycles. The molecule has 2 fully saturated rings. The van der Waals surface area contributed by atoms with Crippen LogP contribution in [0.25, 0.3) is 0 Å². The second kappa shape index (κ2) is 12.4. The number of methoxy groups -OCH3 is 1. The van der Waals surface area contributed by atoms with Gasteiger partial charge in [-0.3, -0.25) is 19.4 Å². The fourth-order valence-corrected chi connectivity index (χ4v) is 5.47. The SMILES string of the molecule is COc1ccc(C(NC(=O)CN2CCN(CC(=O)N3CC(C)CC(C)C3)CC2)c2ccccc2)cc1. The van der Waals surface area contributed by atoms with Gasteiger partial charge in [-0.1, -0.05) is 56.3 Å². The van der Waals surface area contributed by atoms with Crippen molar-refractivity contribution in [1.82, 2.24) is 20.0 Å². The minimum atomic E-state index is -0.224. The number of ether oxygens (including phenoxy) is 1. The number of rotatable bonds is 8. The first-order valence-electron chi connectivity index (χ1n) is 13.1. The van der Waals surface area contributed by atoms with Crippen LogP contribution in [-0.2, 0) is 9.59 Å². The lowest BCUT2D eigenvalue weighted by atomic mass is 9.92. The van der Waals surface area contributed by atoms with E-state index in [0.717, 1.165) is 56.1 Å². The van der Waals surface area contributed by atoms with E-state index in [4.69, 9.17) is 4.74 Å². The molecule has 0 spiro atoms. The van der Waals surface area contributed by atoms with Crippen LogP contribution in [0, 0.1) is 11.8 Å². The Morgan fingerprint density at radius 2 is 1.42 bits per heavy atom. The van der Waals surface area contributed by atoms with Crippen molar-refractivity contribution in [3.63, 3.8) is 0 Å². The number of piperazine rings is 1. The van der Waals surface area contributed by atoms with E-state index in [1.54, 1.807) is 7.11 Å². The van der Waals surface area contributed by atoms with Gasteiger partial charge in [0.2, 0.25) is 11.8 Å². The first kappa shape index (κ1) is 26.2. The van der Waals surface area contributed by atoms with Gasteiger partial charge in [-0.25, -0.2) is 0 Å². The van der Waals surface area contributed by atoms with E-state index in [0.29, 0.717) is 24.9 Å². The van der Waals surface area contributed by atoms with E-state index in [1.807, 2.05) is 59.5 Å². The summed E-state index contributed by atoms with van der Waals surface area (Å²) in [6.45, 7) is 10.2. The Balaban J connectivity index is 1.28. The monoisotopic (exact) mass is 492 g/mol. The molecule has 2 heterocycles. The summed E-state index contributed by atoms with van der Waals surface area (Å²) in [4.78, 5) is 32.4. The topological polar surface area (TPSA) is 65.1 Å². The fraction of sp³-hybridized carbons (Fsp3) is 0.517. The number of carbonyl (C=O) groups excluding carboxylic acids is 2. The van der Waals surface area contributed by atoms with Gasteiger partial charge in [-0.15, -0.1) is 0 Å². The van der Waals surface area contributed by atoms with Gasteiger partial charge in [0.25, 0.3) is 0 Å². The van der Waals surface area contributed by atoms with Crippen LogP contribution in [0.5, 0.6) is 5.75 Å². The number of likely N-dealkylation sites (tertiary alicyclic amines) is 1. The van der Waals surface area contributed by atoms with Crippen molar-refractivity contribution in [2.45, 2.75) is 26.3 Å². The number of nitrogens with one attached hydrogen (secondary N) is 1. The maximum Gasteiger partial charge on any atom is 0.236 e. The van der Waals surface area contributed by atoms with Crippen LogP contribution < -0.4 is 10.1 Å². The van der Waals surface area contributed by atoms with Gasteiger partial charge < -0.3 is 15.0 Å². The minimum Gasteiger partial charge on any atom is -0.497 e. The van der Waals surface area contributed by atoms with Gasteiger partial charge in [-0.05, 0) is 41.5 Å². The Morgan fingerprint density at radius 3 is 2.00 bits per heavy atom. The lowest BCUT2D eigenvalue weighted by Gasteiger charge is -2.38. The van der Waals surface area contributed by atoms with Crippen LogP contribution >= 0.6 is 0 Å². The minimum absolute atomic E-state index is 0.000453. The third-order valence-corrected chi connectivity index (χ3v) is 7.30. The first-order chi connectivity index (χ1) is 17.4. The molecule has 2 aliphatic rings. The molecule has 0 aromatic heterocycles. The summed E-state index contributed by atoms with van der Waals surface area (Å²) in [6.07, 6.45) is 1.20. The van der Waals surface area contributed by atoms with E-state index >= 15 is 0 Å². The van der Waals surface area contributed by atoms with E-state index < -0.39 is 0 Å². The Kier molecular flexibility index (Phi) is 8.99. The summed E-state index contributed by atoms with van der Waals surface area (Å²) < 4.78 is 5.29. The molecule has 0 bridgehead atoms. The summed E-state index contributed by atoms with van der Waals surface area (Å²) in [5.74, 6) is 2.18. The maximum absolute atomic E-state index is 13.1. The average Bonchev–Trinajstić information content (AvgIpc) is 2.88. The van der Waals surface area contributed by atoms with E-state index in [9.17, 15) is 9.59 Å².